The van der Waals surface area contributed by atoms with Crippen LogP contribution in [0, 0.1) is 0 Å². The lowest BCUT2D eigenvalue weighted by atomic mass is 10.0. The standard InChI is InChI=1S/C20H22N2O4S/c1-26-19-10-6-5-7-15(19)11-21-12-20(23)22(16-8-3-2-4-9-16)18-14-27(24,25)13-17(18)21/h2-10,17-18H,11-14H2,1H3/t17-,18-/m0/s1. The molecule has 2 aromatic rings. The molecular formula is C20H22N2O4S. The number of hydrogen-bond donors (Lipinski definition) is 0. The van der Waals surface area contributed by atoms with Crippen LogP contribution in [0.5, 0.6) is 5.75 Å². The number of benzene rings is 2. The van der Waals surface area contributed by atoms with E-state index in [4.69, 9.17) is 4.74 Å². The first-order valence-corrected chi connectivity index (χ1v) is 10.7. The average molecular weight is 386 g/mol. The minimum Gasteiger partial charge on any atom is -0.496 e. The van der Waals surface area contributed by atoms with E-state index in [9.17, 15) is 13.2 Å². The summed E-state index contributed by atoms with van der Waals surface area (Å²) in [5.74, 6) is 0.742. The first-order chi connectivity index (χ1) is 13.0. The van der Waals surface area contributed by atoms with Crippen LogP contribution < -0.4 is 9.64 Å². The number of sulfone groups is 1. The van der Waals surface area contributed by atoms with Gasteiger partial charge in [-0.3, -0.25) is 9.69 Å². The van der Waals surface area contributed by atoms with E-state index in [2.05, 4.69) is 0 Å². The highest BCUT2D eigenvalue weighted by atomic mass is 32.2. The van der Waals surface area contributed by atoms with Crippen LogP contribution in [-0.4, -0.2) is 56.5 Å². The van der Waals surface area contributed by atoms with Crippen LogP contribution in [0.3, 0.4) is 0 Å². The van der Waals surface area contributed by atoms with E-state index in [0.717, 1.165) is 17.0 Å². The predicted octanol–water partition coefficient (Wildman–Crippen LogP) is 1.71. The Hall–Kier alpha value is -2.38. The molecule has 0 saturated carbocycles. The molecule has 0 radical (unpaired) electrons. The van der Waals surface area contributed by atoms with E-state index in [1.165, 1.54) is 0 Å². The third-order valence-electron chi connectivity index (χ3n) is 5.30. The van der Waals surface area contributed by atoms with Crippen molar-refractivity contribution in [2.24, 2.45) is 0 Å². The highest BCUT2D eigenvalue weighted by molar-refractivity contribution is 7.91. The van der Waals surface area contributed by atoms with Gasteiger partial charge in [0.15, 0.2) is 9.84 Å². The van der Waals surface area contributed by atoms with E-state index in [1.807, 2.05) is 59.5 Å². The zero-order chi connectivity index (χ0) is 19.0. The maximum atomic E-state index is 13.0. The Labute approximate surface area is 159 Å². The van der Waals surface area contributed by atoms with Gasteiger partial charge in [-0.1, -0.05) is 36.4 Å². The summed E-state index contributed by atoms with van der Waals surface area (Å²) in [6, 6.07) is 16.4. The highest BCUT2D eigenvalue weighted by Gasteiger charge is 2.49. The number of methoxy groups -OCH3 is 1. The SMILES string of the molecule is COc1ccccc1CN1CC(=O)N(c2ccccc2)[C@H]2CS(=O)(=O)C[C@@H]21. The van der Waals surface area contributed by atoms with Crippen LogP contribution in [0.15, 0.2) is 54.6 Å². The Morgan fingerprint density at radius 2 is 1.67 bits per heavy atom. The van der Waals surface area contributed by atoms with Gasteiger partial charge in [-0.25, -0.2) is 8.42 Å². The Morgan fingerprint density at radius 1 is 1.00 bits per heavy atom. The molecule has 142 valence electrons. The number of nitrogens with zero attached hydrogens (tertiary/aromatic N) is 2. The van der Waals surface area contributed by atoms with Crippen molar-refractivity contribution in [2.75, 3.05) is 30.1 Å². The second-order valence-electron chi connectivity index (χ2n) is 7.03. The first kappa shape index (κ1) is 18.0. The molecule has 2 atom stereocenters. The molecule has 7 heteroatoms. The maximum Gasteiger partial charge on any atom is 0.241 e. The third-order valence-corrected chi connectivity index (χ3v) is 7.00. The largest absolute Gasteiger partial charge is 0.496 e. The summed E-state index contributed by atoms with van der Waals surface area (Å²) in [4.78, 5) is 16.6. The fourth-order valence-electron chi connectivity index (χ4n) is 4.11. The fourth-order valence-corrected chi connectivity index (χ4v) is 6.09. The van der Waals surface area contributed by atoms with E-state index in [0.29, 0.717) is 6.54 Å². The summed E-state index contributed by atoms with van der Waals surface area (Å²) < 4.78 is 30.2. The van der Waals surface area contributed by atoms with Gasteiger partial charge in [-0.2, -0.15) is 0 Å². The summed E-state index contributed by atoms with van der Waals surface area (Å²) in [7, 11) is -1.59. The Balaban J connectivity index is 1.67. The average Bonchev–Trinajstić information content (AvgIpc) is 2.98. The summed E-state index contributed by atoms with van der Waals surface area (Å²) in [6.07, 6.45) is 0. The van der Waals surface area contributed by atoms with Gasteiger partial charge in [-0.05, 0) is 18.2 Å². The molecule has 0 aromatic heterocycles. The van der Waals surface area contributed by atoms with Gasteiger partial charge in [0, 0.05) is 23.8 Å². The molecule has 4 rings (SSSR count). The molecule has 27 heavy (non-hydrogen) atoms. The molecule has 0 spiro atoms. The van der Waals surface area contributed by atoms with E-state index < -0.39 is 9.84 Å². The second kappa shape index (κ2) is 6.98. The lowest BCUT2D eigenvalue weighted by molar-refractivity contribution is -0.123. The van der Waals surface area contributed by atoms with Gasteiger partial charge < -0.3 is 9.64 Å². The van der Waals surface area contributed by atoms with Crippen molar-refractivity contribution in [3.8, 4) is 5.75 Å². The van der Waals surface area contributed by atoms with Crippen LogP contribution in [-0.2, 0) is 21.2 Å². The molecule has 0 unspecified atom stereocenters. The summed E-state index contributed by atoms with van der Waals surface area (Å²) in [5.41, 5.74) is 1.70. The van der Waals surface area contributed by atoms with Crippen molar-refractivity contribution in [3.63, 3.8) is 0 Å². The Kier molecular flexibility index (Phi) is 4.65. The number of carbonyl (C=O) groups is 1. The second-order valence-corrected chi connectivity index (χ2v) is 9.18. The quantitative estimate of drug-likeness (QED) is 0.800. The number of ether oxygens (including phenoxy) is 1. The predicted molar refractivity (Wildman–Crippen MR) is 104 cm³/mol. The van der Waals surface area contributed by atoms with Crippen molar-refractivity contribution in [1.82, 2.24) is 4.90 Å². The fraction of sp³-hybridized carbons (Fsp3) is 0.350. The number of rotatable bonds is 4. The number of para-hydroxylation sites is 2. The van der Waals surface area contributed by atoms with Crippen LogP contribution in [0.4, 0.5) is 5.69 Å². The molecule has 1 amide bonds. The topological polar surface area (TPSA) is 66.9 Å². The molecule has 0 bridgehead atoms. The summed E-state index contributed by atoms with van der Waals surface area (Å²) in [6.45, 7) is 0.665. The molecular weight excluding hydrogens is 364 g/mol. The van der Waals surface area contributed by atoms with Gasteiger partial charge in [0.25, 0.3) is 0 Å². The molecule has 2 aromatic carbocycles. The molecule has 0 N–H and O–H groups in total. The van der Waals surface area contributed by atoms with Gasteiger partial charge in [-0.15, -0.1) is 0 Å². The van der Waals surface area contributed by atoms with Crippen molar-refractivity contribution in [3.05, 3.63) is 60.2 Å². The van der Waals surface area contributed by atoms with E-state index >= 15 is 0 Å². The van der Waals surface area contributed by atoms with E-state index in [-0.39, 0.29) is 36.0 Å². The van der Waals surface area contributed by atoms with Crippen molar-refractivity contribution in [2.45, 2.75) is 18.6 Å². The number of piperazine rings is 1. The molecule has 6 nitrogen and oxygen atoms in total. The Bertz CT molecular complexity index is 945. The molecule has 2 aliphatic heterocycles. The lowest BCUT2D eigenvalue weighted by Crippen LogP contribution is -2.61. The smallest absolute Gasteiger partial charge is 0.241 e. The van der Waals surface area contributed by atoms with Gasteiger partial charge in [0.2, 0.25) is 5.91 Å². The normalized spacial score (nSPS) is 24.6. The molecule has 2 aliphatic rings. The number of carbonyl (C=O) groups excluding carboxylic acids is 1. The van der Waals surface area contributed by atoms with Crippen molar-refractivity contribution < 1.29 is 17.9 Å². The zero-order valence-corrected chi connectivity index (χ0v) is 15.9. The molecule has 2 heterocycles. The monoisotopic (exact) mass is 386 g/mol. The third kappa shape index (κ3) is 3.44. The Morgan fingerprint density at radius 3 is 2.41 bits per heavy atom. The number of hydrogen-bond acceptors (Lipinski definition) is 5. The number of anilines is 1. The van der Waals surface area contributed by atoms with Crippen molar-refractivity contribution in [1.29, 1.82) is 0 Å². The number of amides is 1. The van der Waals surface area contributed by atoms with E-state index in [1.54, 1.807) is 12.0 Å². The van der Waals surface area contributed by atoms with Crippen LogP contribution in [0.1, 0.15) is 5.56 Å². The van der Waals surface area contributed by atoms with Gasteiger partial charge in [0.05, 0.1) is 31.2 Å². The van der Waals surface area contributed by atoms with Gasteiger partial charge >= 0.3 is 0 Å². The lowest BCUT2D eigenvalue weighted by Gasteiger charge is -2.43. The zero-order valence-electron chi connectivity index (χ0n) is 15.1. The highest BCUT2D eigenvalue weighted by Crippen LogP contribution is 2.33. The van der Waals surface area contributed by atoms with Crippen molar-refractivity contribution >= 4 is 21.4 Å². The van der Waals surface area contributed by atoms with Crippen LogP contribution in [0.2, 0.25) is 0 Å². The first-order valence-electron chi connectivity index (χ1n) is 8.92. The minimum atomic E-state index is -3.20. The summed E-state index contributed by atoms with van der Waals surface area (Å²) >= 11 is 0. The minimum absolute atomic E-state index is 0.000720. The van der Waals surface area contributed by atoms with Gasteiger partial charge in [0.1, 0.15) is 5.75 Å². The summed E-state index contributed by atoms with van der Waals surface area (Å²) in [5, 5.41) is 0. The van der Waals surface area contributed by atoms with Crippen LogP contribution in [0.25, 0.3) is 0 Å². The number of fused-ring (bicyclic) bond motifs is 1. The molecule has 0 aliphatic carbocycles. The maximum absolute atomic E-state index is 13.0. The van der Waals surface area contributed by atoms with Crippen LogP contribution >= 0.6 is 0 Å². The molecule has 2 fully saturated rings. The molecule has 2 saturated heterocycles.